The largest absolute Gasteiger partial charge is 0.478 e. The van der Waals surface area contributed by atoms with Gasteiger partial charge >= 0.3 is 11.9 Å². The van der Waals surface area contributed by atoms with Crippen molar-refractivity contribution in [3.63, 3.8) is 0 Å². The summed E-state index contributed by atoms with van der Waals surface area (Å²) >= 11 is 0. The summed E-state index contributed by atoms with van der Waals surface area (Å²) < 4.78 is 23.4. The Bertz CT molecular complexity index is 1110. The van der Waals surface area contributed by atoms with E-state index in [1.165, 1.54) is 12.2 Å². The highest BCUT2D eigenvalue weighted by Gasteiger charge is 2.79. The number of fused-ring (bicyclic) bond motifs is 5. The second-order valence-electron chi connectivity index (χ2n) is 13.7. The zero-order chi connectivity index (χ0) is 26.9. The Labute approximate surface area is 212 Å². The Kier molecular flexibility index (Phi) is 5.05. The fourth-order valence-corrected chi connectivity index (χ4v) is 9.25. The highest BCUT2D eigenvalue weighted by molar-refractivity contribution is 6.01. The smallest absolute Gasteiger partial charge is 0.349 e. The van der Waals surface area contributed by atoms with E-state index in [0.717, 1.165) is 0 Å². The number of carboxylic acids is 1. The zero-order valence-corrected chi connectivity index (χ0v) is 22.4. The van der Waals surface area contributed by atoms with Gasteiger partial charge in [-0.05, 0) is 61.5 Å². The molecule has 2 N–H and O–H groups in total. The summed E-state index contributed by atoms with van der Waals surface area (Å²) in [5.41, 5.74) is -6.19. The average molecular weight is 503 g/mol. The van der Waals surface area contributed by atoms with E-state index in [-0.39, 0.29) is 23.0 Å². The van der Waals surface area contributed by atoms with Gasteiger partial charge in [0.05, 0.1) is 12.0 Å². The minimum absolute atomic E-state index is 0.142. The first-order chi connectivity index (χ1) is 16.4. The van der Waals surface area contributed by atoms with Gasteiger partial charge < -0.3 is 14.9 Å². The molecule has 0 amide bonds. The monoisotopic (exact) mass is 502 g/mol. The lowest BCUT2D eigenvalue weighted by Gasteiger charge is -2.62. The summed E-state index contributed by atoms with van der Waals surface area (Å²) in [5.74, 6) is -3.97. The van der Waals surface area contributed by atoms with Crippen LogP contribution in [0.1, 0.15) is 74.1 Å². The number of ether oxygens (including phenoxy) is 1. The number of carboxylic acid groups (broad SMARTS) is 1. The quantitative estimate of drug-likeness (QED) is 0.545. The van der Waals surface area contributed by atoms with Crippen molar-refractivity contribution < 1.29 is 33.7 Å². The van der Waals surface area contributed by atoms with E-state index in [9.17, 15) is 24.6 Å². The van der Waals surface area contributed by atoms with Gasteiger partial charge in [0.2, 0.25) is 5.60 Å². The van der Waals surface area contributed by atoms with E-state index in [1.807, 2.05) is 27.7 Å². The highest BCUT2D eigenvalue weighted by Crippen LogP contribution is 2.73. The normalized spacial score (nSPS) is 48.4. The van der Waals surface area contributed by atoms with Crippen molar-refractivity contribution in [2.24, 2.45) is 45.3 Å². The van der Waals surface area contributed by atoms with Gasteiger partial charge in [-0.3, -0.25) is 9.59 Å². The molecule has 0 unspecified atom stereocenters. The maximum absolute atomic E-state index is 17.3. The number of ketones is 1. The van der Waals surface area contributed by atoms with Gasteiger partial charge in [-0.25, -0.2) is 9.18 Å². The van der Waals surface area contributed by atoms with Crippen LogP contribution in [0.15, 0.2) is 23.8 Å². The number of esters is 1. The molecule has 0 aromatic heterocycles. The van der Waals surface area contributed by atoms with Crippen molar-refractivity contribution in [3.8, 4) is 0 Å². The van der Waals surface area contributed by atoms with Crippen molar-refractivity contribution in [3.05, 3.63) is 23.8 Å². The van der Waals surface area contributed by atoms with Crippen LogP contribution in [0.4, 0.5) is 4.39 Å². The topological polar surface area (TPSA) is 101 Å². The molecule has 7 heteroatoms. The molecule has 0 spiro atoms. The standard InChI is InChI=1S/C29H39FO6/c1-15-12-19-18-9-8-16-13-17(31)10-11-26(16,6)28(18,30)20(32)14-27(19,7)29(15,23(34)35)36-22(33)21-24(2,3)25(21,4)5/h10-11,13,15,18-21,32H,8-9,12,14H2,1-7H3,(H,34,35)/t15-,18-,19-,20-,26-,27-,28-,29-/m0/s1. The summed E-state index contributed by atoms with van der Waals surface area (Å²) in [5, 5.41) is 22.2. The lowest BCUT2D eigenvalue weighted by atomic mass is 9.44. The highest BCUT2D eigenvalue weighted by atomic mass is 19.1. The molecule has 5 aliphatic carbocycles. The van der Waals surface area contributed by atoms with Crippen molar-refractivity contribution in [2.45, 2.75) is 91.5 Å². The first-order valence-corrected chi connectivity index (χ1v) is 13.2. The first-order valence-electron chi connectivity index (χ1n) is 13.2. The molecule has 5 rings (SSSR count). The molecule has 5 aliphatic rings. The zero-order valence-electron chi connectivity index (χ0n) is 22.4. The van der Waals surface area contributed by atoms with E-state index in [4.69, 9.17) is 4.74 Å². The van der Waals surface area contributed by atoms with Gasteiger partial charge in [0.25, 0.3) is 0 Å². The molecule has 4 fully saturated rings. The van der Waals surface area contributed by atoms with Gasteiger partial charge in [-0.2, -0.15) is 0 Å². The summed E-state index contributed by atoms with van der Waals surface area (Å²) in [6, 6.07) is 0. The number of carbonyl (C=O) groups excluding carboxylic acids is 2. The predicted octanol–water partition coefficient (Wildman–Crippen LogP) is 4.65. The van der Waals surface area contributed by atoms with Crippen molar-refractivity contribution in [1.29, 1.82) is 0 Å². The van der Waals surface area contributed by atoms with Crippen LogP contribution in [0.5, 0.6) is 0 Å². The molecule has 36 heavy (non-hydrogen) atoms. The number of aliphatic hydroxyl groups is 1. The van der Waals surface area contributed by atoms with Crippen molar-refractivity contribution >= 4 is 17.7 Å². The molecule has 6 nitrogen and oxygen atoms in total. The fraction of sp³-hybridized carbons (Fsp3) is 0.759. The number of rotatable bonds is 3. The molecule has 0 radical (unpaired) electrons. The maximum Gasteiger partial charge on any atom is 0.349 e. The predicted molar refractivity (Wildman–Crippen MR) is 130 cm³/mol. The Morgan fingerprint density at radius 1 is 1.08 bits per heavy atom. The molecule has 198 valence electrons. The SMILES string of the molecule is C[C@H]1C[C@H]2[C@@H]3CCC4=CC(=O)C=C[C@]4(C)[C@@]3(F)[C@@H](O)C[C@]2(C)[C@@]1(OC(=O)C1C(C)(C)C1(C)C)C(=O)O. The number of halogens is 1. The Morgan fingerprint density at radius 3 is 2.25 bits per heavy atom. The first kappa shape index (κ1) is 25.6. The van der Waals surface area contributed by atoms with Crippen LogP contribution < -0.4 is 0 Å². The number of alkyl halides is 1. The van der Waals surface area contributed by atoms with E-state index in [1.54, 1.807) is 26.8 Å². The third kappa shape index (κ3) is 2.63. The second-order valence-corrected chi connectivity index (χ2v) is 13.7. The summed E-state index contributed by atoms with van der Waals surface area (Å²) in [6.07, 6.45) is 4.10. The van der Waals surface area contributed by atoms with Crippen LogP contribution in [0.3, 0.4) is 0 Å². The minimum atomic E-state index is -2.06. The maximum atomic E-state index is 17.3. The molecule has 0 aromatic rings. The van der Waals surface area contributed by atoms with Crippen LogP contribution in [0.25, 0.3) is 0 Å². The molecule has 0 aromatic carbocycles. The van der Waals surface area contributed by atoms with Crippen LogP contribution in [0, 0.1) is 45.3 Å². The van der Waals surface area contributed by atoms with Gasteiger partial charge in [0.15, 0.2) is 11.5 Å². The summed E-state index contributed by atoms with van der Waals surface area (Å²) in [4.78, 5) is 38.6. The molecule has 4 saturated carbocycles. The lowest BCUT2D eigenvalue weighted by molar-refractivity contribution is -0.235. The number of aliphatic hydroxyl groups excluding tert-OH is 1. The van der Waals surface area contributed by atoms with Gasteiger partial charge in [-0.1, -0.05) is 53.2 Å². The van der Waals surface area contributed by atoms with Crippen molar-refractivity contribution in [2.75, 3.05) is 0 Å². The fourth-order valence-electron chi connectivity index (χ4n) is 9.25. The van der Waals surface area contributed by atoms with E-state index in [2.05, 4.69) is 0 Å². The van der Waals surface area contributed by atoms with Crippen LogP contribution in [-0.2, 0) is 19.1 Å². The molecule has 0 heterocycles. The molecule has 0 aliphatic heterocycles. The van der Waals surface area contributed by atoms with Crippen LogP contribution >= 0.6 is 0 Å². The molecular weight excluding hydrogens is 463 g/mol. The van der Waals surface area contributed by atoms with Crippen molar-refractivity contribution in [1.82, 2.24) is 0 Å². The number of carbonyl (C=O) groups is 3. The molecule has 0 bridgehead atoms. The van der Waals surface area contributed by atoms with E-state index < -0.39 is 63.8 Å². The third-order valence-corrected chi connectivity index (χ3v) is 12.0. The third-order valence-electron chi connectivity index (χ3n) is 12.0. The van der Waals surface area contributed by atoms with Gasteiger partial charge in [0.1, 0.15) is 0 Å². The Balaban J connectivity index is 1.57. The van der Waals surface area contributed by atoms with Crippen LogP contribution in [0.2, 0.25) is 0 Å². The Morgan fingerprint density at radius 2 is 1.69 bits per heavy atom. The number of hydrogen-bond acceptors (Lipinski definition) is 5. The number of aliphatic carboxylic acids is 1. The average Bonchev–Trinajstić information content (AvgIpc) is 3.06. The number of hydrogen-bond donors (Lipinski definition) is 2. The number of allylic oxidation sites excluding steroid dienone is 4. The molecule has 8 atom stereocenters. The van der Waals surface area contributed by atoms with E-state index >= 15 is 4.39 Å². The second kappa shape index (κ2) is 7.09. The molecule has 0 saturated heterocycles. The summed E-state index contributed by atoms with van der Waals surface area (Å²) in [6.45, 7) is 13.2. The van der Waals surface area contributed by atoms with Crippen LogP contribution in [-0.4, -0.2) is 45.3 Å². The van der Waals surface area contributed by atoms with Gasteiger partial charge in [0, 0.05) is 22.7 Å². The Hall–Kier alpha value is -2.02. The minimum Gasteiger partial charge on any atom is -0.478 e. The van der Waals surface area contributed by atoms with E-state index in [0.29, 0.717) is 24.8 Å². The molecular formula is C29H39FO6. The van der Waals surface area contributed by atoms with Gasteiger partial charge in [-0.15, -0.1) is 0 Å². The lowest BCUT2D eigenvalue weighted by Crippen LogP contribution is -2.70. The summed E-state index contributed by atoms with van der Waals surface area (Å²) in [7, 11) is 0.